The summed E-state index contributed by atoms with van der Waals surface area (Å²) in [5.74, 6) is -1.97. The van der Waals surface area contributed by atoms with E-state index in [1.54, 1.807) is 14.2 Å². The summed E-state index contributed by atoms with van der Waals surface area (Å²) in [6.07, 6.45) is 0. The largest absolute Gasteiger partial charge is 0.493 e. The fourth-order valence-corrected chi connectivity index (χ4v) is 2.76. The summed E-state index contributed by atoms with van der Waals surface area (Å²) in [6, 6.07) is 6.74. The van der Waals surface area contributed by atoms with Crippen LogP contribution in [0.2, 0.25) is 0 Å². The van der Waals surface area contributed by atoms with Crippen molar-refractivity contribution in [1.82, 2.24) is 9.80 Å². The number of hydrogen-bond acceptors (Lipinski definition) is 6. The highest BCUT2D eigenvalue weighted by Crippen LogP contribution is 2.31. The highest BCUT2D eigenvalue weighted by Gasteiger charge is 2.20. The predicted molar refractivity (Wildman–Crippen MR) is 96.8 cm³/mol. The van der Waals surface area contributed by atoms with E-state index in [0.717, 1.165) is 44.2 Å². The molecule has 0 aromatic heterocycles. The lowest BCUT2D eigenvalue weighted by Crippen LogP contribution is -2.48. The average Bonchev–Trinajstić information content (AvgIpc) is 2.62. The van der Waals surface area contributed by atoms with Gasteiger partial charge < -0.3 is 19.7 Å². The van der Waals surface area contributed by atoms with Crippen LogP contribution in [-0.4, -0.2) is 78.4 Å². The Hall–Kier alpha value is -2.32. The Labute approximate surface area is 153 Å². The molecule has 1 fully saturated rings. The van der Waals surface area contributed by atoms with Crippen molar-refractivity contribution in [2.24, 2.45) is 0 Å². The second-order valence-corrected chi connectivity index (χ2v) is 6.17. The van der Waals surface area contributed by atoms with Gasteiger partial charge in [0.25, 0.3) is 0 Å². The van der Waals surface area contributed by atoms with Crippen LogP contribution in [0.15, 0.2) is 18.2 Å². The number of carbonyl (C=O) groups is 2. The zero-order chi connectivity index (χ0) is 19.7. The summed E-state index contributed by atoms with van der Waals surface area (Å²) in [5.41, 5.74) is 1.20. The van der Waals surface area contributed by atoms with Crippen molar-refractivity contribution in [2.75, 3.05) is 40.4 Å². The lowest BCUT2D eigenvalue weighted by atomic mass is 10.1. The molecule has 1 heterocycles. The van der Waals surface area contributed by atoms with E-state index < -0.39 is 11.9 Å². The molecule has 0 spiro atoms. The molecule has 2 N–H and O–H groups in total. The first-order valence-electron chi connectivity index (χ1n) is 8.42. The predicted octanol–water partition coefficient (Wildman–Crippen LogP) is 1.39. The van der Waals surface area contributed by atoms with Crippen LogP contribution in [0.3, 0.4) is 0 Å². The van der Waals surface area contributed by atoms with E-state index in [9.17, 15) is 0 Å². The molecule has 1 saturated heterocycles. The topological polar surface area (TPSA) is 99.5 Å². The van der Waals surface area contributed by atoms with Gasteiger partial charge in [-0.25, -0.2) is 9.59 Å². The number of carboxylic acid groups (broad SMARTS) is 2. The van der Waals surface area contributed by atoms with Crippen molar-refractivity contribution < 1.29 is 29.3 Å². The van der Waals surface area contributed by atoms with E-state index >= 15 is 0 Å². The van der Waals surface area contributed by atoms with Crippen molar-refractivity contribution in [3.8, 4) is 11.5 Å². The number of hydrogen-bond donors (Lipinski definition) is 2. The van der Waals surface area contributed by atoms with E-state index in [0.29, 0.717) is 6.04 Å². The SMILES string of the molecule is COc1cccc(CN2CCN(C(C)C)CC2)c1OC.O=C(O)C(=O)O. The minimum absolute atomic E-state index is 0.642. The molecular formula is C18H28N2O6. The number of carboxylic acids is 2. The highest BCUT2D eigenvalue weighted by atomic mass is 16.5. The number of rotatable bonds is 5. The van der Waals surface area contributed by atoms with Gasteiger partial charge in [0.2, 0.25) is 0 Å². The van der Waals surface area contributed by atoms with Crippen LogP contribution < -0.4 is 9.47 Å². The molecule has 1 aliphatic heterocycles. The van der Waals surface area contributed by atoms with E-state index in [1.165, 1.54) is 5.56 Å². The summed E-state index contributed by atoms with van der Waals surface area (Å²) in [5, 5.41) is 14.8. The summed E-state index contributed by atoms with van der Waals surface area (Å²) in [7, 11) is 3.39. The number of aliphatic carboxylic acids is 2. The zero-order valence-corrected chi connectivity index (χ0v) is 15.8. The van der Waals surface area contributed by atoms with Gasteiger partial charge in [-0.15, -0.1) is 0 Å². The van der Waals surface area contributed by atoms with Gasteiger partial charge in [-0.05, 0) is 19.9 Å². The number of nitrogens with zero attached hydrogens (tertiary/aromatic N) is 2. The van der Waals surface area contributed by atoms with E-state index in [4.69, 9.17) is 29.3 Å². The number of benzene rings is 1. The summed E-state index contributed by atoms with van der Waals surface area (Å²) < 4.78 is 10.9. The molecule has 0 saturated carbocycles. The monoisotopic (exact) mass is 368 g/mol. The van der Waals surface area contributed by atoms with Crippen LogP contribution in [0.5, 0.6) is 11.5 Å². The summed E-state index contributed by atoms with van der Waals surface area (Å²) >= 11 is 0. The number of ether oxygens (including phenoxy) is 2. The molecule has 0 atom stereocenters. The first-order chi connectivity index (χ1) is 12.3. The van der Waals surface area contributed by atoms with Crippen LogP contribution in [0.1, 0.15) is 19.4 Å². The Balaban J connectivity index is 0.000000487. The first kappa shape index (κ1) is 21.7. The van der Waals surface area contributed by atoms with Crippen molar-refractivity contribution in [3.63, 3.8) is 0 Å². The van der Waals surface area contributed by atoms with E-state index in [-0.39, 0.29) is 0 Å². The first-order valence-corrected chi connectivity index (χ1v) is 8.42. The second-order valence-electron chi connectivity index (χ2n) is 6.17. The van der Waals surface area contributed by atoms with Crippen molar-refractivity contribution in [3.05, 3.63) is 23.8 Å². The van der Waals surface area contributed by atoms with Gasteiger partial charge >= 0.3 is 11.9 Å². The third-order valence-corrected chi connectivity index (χ3v) is 4.20. The van der Waals surface area contributed by atoms with Crippen molar-refractivity contribution in [2.45, 2.75) is 26.4 Å². The van der Waals surface area contributed by atoms with Crippen LogP contribution in [0.4, 0.5) is 0 Å². The fourth-order valence-electron chi connectivity index (χ4n) is 2.76. The molecule has 0 unspecified atom stereocenters. The van der Waals surface area contributed by atoms with Crippen molar-refractivity contribution >= 4 is 11.9 Å². The van der Waals surface area contributed by atoms with Crippen LogP contribution in [0.25, 0.3) is 0 Å². The Morgan fingerprint density at radius 3 is 2.04 bits per heavy atom. The molecule has 0 radical (unpaired) electrons. The Morgan fingerprint density at radius 2 is 1.62 bits per heavy atom. The quantitative estimate of drug-likeness (QED) is 0.752. The fraction of sp³-hybridized carbons (Fsp3) is 0.556. The minimum Gasteiger partial charge on any atom is -0.493 e. The lowest BCUT2D eigenvalue weighted by Gasteiger charge is -2.37. The highest BCUT2D eigenvalue weighted by molar-refractivity contribution is 6.27. The van der Waals surface area contributed by atoms with Gasteiger partial charge in [-0.1, -0.05) is 12.1 Å². The minimum atomic E-state index is -1.82. The van der Waals surface area contributed by atoms with Gasteiger partial charge in [0, 0.05) is 44.3 Å². The van der Waals surface area contributed by atoms with Gasteiger partial charge in [0.05, 0.1) is 14.2 Å². The molecule has 0 aliphatic carbocycles. The molecule has 0 bridgehead atoms. The summed E-state index contributed by atoms with van der Waals surface area (Å²) in [4.78, 5) is 23.2. The number of methoxy groups -OCH3 is 2. The molecule has 8 heteroatoms. The van der Waals surface area contributed by atoms with Gasteiger partial charge in [0.1, 0.15) is 0 Å². The number of para-hydroxylation sites is 1. The van der Waals surface area contributed by atoms with Gasteiger partial charge in [0.15, 0.2) is 11.5 Å². The normalized spacial score (nSPS) is 15.1. The van der Waals surface area contributed by atoms with Crippen LogP contribution in [0, 0.1) is 0 Å². The third-order valence-electron chi connectivity index (χ3n) is 4.20. The van der Waals surface area contributed by atoms with Crippen LogP contribution in [-0.2, 0) is 16.1 Å². The van der Waals surface area contributed by atoms with E-state index in [2.05, 4.69) is 29.7 Å². The van der Waals surface area contributed by atoms with E-state index in [1.807, 2.05) is 12.1 Å². The Bertz CT molecular complexity index is 585. The second kappa shape index (κ2) is 10.6. The molecule has 146 valence electrons. The molecular weight excluding hydrogens is 340 g/mol. The maximum atomic E-state index is 9.10. The molecule has 26 heavy (non-hydrogen) atoms. The van der Waals surface area contributed by atoms with Gasteiger partial charge in [-0.3, -0.25) is 9.80 Å². The Kier molecular flexibility index (Phi) is 8.87. The maximum Gasteiger partial charge on any atom is 0.414 e. The zero-order valence-electron chi connectivity index (χ0n) is 15.8. The Morgan fingerprint density at radius 1 is 1.04 bits per heavy atom. The number of piperazine rings is 1. The lowest BCUT2D eigenvalue weighted by molar-refractivity contribution is -0.159. The molecule has 1 aliphatic rings. The summed E-state index contributed by atoms with van der Waals surface area (Å²) in [6.45, 7) is 9.96. The smallest absolute Gasteiger partial charge is 0.414 e. The molecule has 2 rings (SSSR count). The van der Waals surface area contributed by atoms with Gasteiger partial charge in [-0.2, -0.15) is 0 Å². The third kappa shape index (κ3) is 6.53. The molecule has 8 nitrogen and oxygen atoms in total. The molecule has 1 aromatic carbocycles. The standard InChI is InChI=1S/C16H26N2O2.C2H2O4/c1-13(2)18-10-8-17(9-11-18)12-14-6-5-7-15(19-3)16(14)20-4;3-1(4)2(5)6/h5-7,13H,8-12H2,1-4H3;(H,3,4)(H,5,6). The average molecular weight is 368 g/mol. The van der Waals surface area contributed by atoms with Crippen molar-refractivity contribution in [1.29, 1.82) is 0 Å². The maximum absolute atomic E-state index is 9.10. The van der Waals surface area contributed by atoms with Crippen LogP contribution >= 0.6 is 0 Å². The molecule has 0 amide bonds. The molecule has 1 aromatic rings.